The fourth-order valence-electron chi connectivity index (χ4n) is 1.87. The molecule has 0 radical (unpaired) electrons. The van der Waals surface area contributed by atoms with Crippen molar-refractivity contribution in [2.24, 2.45) is 0 Å². The third-order valence-electron chi connectivity index (χ3n) is 2.97. The quantitative estimate of drug-likeness (QED) is 0.461. The third kappa shape index (κ3) is 2.61. The Morgan fingerprint density at radius 1 is 1.50 bits per heavy atom. The molecule has 88 valence electrons. The van der Waals surface area contributed by atoms with Gasteiger partial charge in [-0.2, -0.15) is 0 Å². The van der Waals surface area contributed by atoms with Crippen LogP contribution in [0.15, 0.2) is 17.4 Å². The lowest BCUT2D eigenvalue weighted by Gasteiger charge is -2.38. The van der Waals surface area contributed by atoms with E-state index in [-0.39, 0.29) is 0 Å². The van der Waals surface area contributed by atoms with Gasteiger partial charge in [0.05, 0.1) is 0 Å². The SMILES string of the molecule is CSc1cc(N(CCCl)C2CCC2)ncn1. The van der Waals surface area contributed by atoms with Crippen LogP contribution in [0.25, 0.3) is 0 Å². The van der Waals surface area contributed by atoms with Crippen LogP contribution in [0.3, 0.4) is 0 Å². The van der Waals surface area contributed by atoms with Crippen LogP contribution in [0, 0.1) is 0 Å². The molecule has 3 nitrogen and oxygen atoms in total. The molecule has 1 aromatic rings. The van der Waals surface area contributed by atoms with Crippen LogP contribution < -0.4 is 4.90 Å². The van der Waals surface area contributed by atoms with Crippen molar-refractivity contribution in [3.8, 4) is 0 Å². The Morgan fingerprint density at radius 3 is 2.88 bits per heavy atom. The first-order valence-electron chi connectivity index (χ1n) is 5.54. The number of aromatic nitrogens is 2. The molecular formula is C11H16ClN3S. The molecule has 5 heteroatoms. The molecule has 0 aliphatic heterocycles. The number of hydrogen-bond donors (Lipinski definition) is 0. The van der Waals surface area contributed by atoms with Gasteiger partial charge in [-0.1, -0.05) is 0 Å². The van der Waals surface area contributed by atoms with Crippen molar-refractivity contribution in [2.75, 3.05) is 23.6 Å². The summed E-state index contributed by atoms with van der Waals surface area (Å²) < 4.78 is 0. The van der Waals surface area contributed by atoms with Gasteiger partial charge < -0.3 is 4.90 Å². The molecule has 1 heterocycles. The first-order chi connectivity index (χ1) is 7.85. The highest BCUT2D eigenvalue weighted by Gasteiger charge is 2.25. The molecule has 0 atom stereocenters. The molecule has 1 aromatic heterocycles. The molecule has 1 saturated carbocycles. The molecular weight excluding hydrogens is 242 g/mol. The fraction of sp³-hybridized carbons (Fsp3) is 0.636. The van der Waals surface area contributed by atoms with E-state index in [0.29, 0.717) is 11.9 Å². The molecule has 1 aliphatic rings. The largest absolute Gasteiger partial charge is 0.352 e. The number of rotatable bonds is 5. The van der Waals surface area contributed by atoms with Crippen LogP contribution in [-0.4, -0.2) is 34.7 Å². The van der Waals surface area contributed by atoms with E-state index in [2.05, 4.69) is 20.9 Å². The molecule has 0 amide bonds. The normalized spacial score (nSPS) is 15.9. The summed E-state index contributed by atoms with van der Waals surface area (Å²) in [6.07, 6.45) is 7.51. The predicted octanol–water partition coefficient (Wildman–Crippen LogP) is 2.80. The zero-order valence-electron chi connectivity index (χ0n) is 9.40. The van der Waals surface area contributed by atoms with Gasteiger partial charge in [0.25, 0.3) is 0 Å². The Hall–Kier alpha value is -0.480. The van der Waals surface area contributed by atoms with Crippen LogP contribution >= 0.6 is 23.4 Å². The molecule has 0 N–H and O–H groups in total. The van der Waals surface area contributed by atoms with Crippen molar-refractivity contribution in [3.05, 3.63) is 12.4 Å². The lowest BCUT2D eigenvalue weighted by molar-refractivity contribution is 0.388. The number of halogens is 1. The predicted molar refractivity (Wildman–Crippen MR) is 69.5 cm³/mol. The fourth-order valence-corrected chi connectivity index (χ4v) is 2.43. The van der Waals surface area contributed by atoms with E-state index < -0.39 is 0 Å². The molecule has 0 unspecified atom stereocenters. The number of anilines is 1. The van der Waals surface area contributed by atoms with E-state index in [0.717, 1.165) is 17.4 Å². The van der Waals surface area contributed by atoms with Gasteiger partial charge in [0.15, 0.2) is 0 Å². The van der Waals surface area contributed by atoms with Gasteiger partial charge >= 0.3 is 0 Å². The number of nitrogens with zero attached hydrogens (tertiary/aromatic N) is 3. The minimum Gasteiger partial charge on any atom is -0.352 e. The molecule has 1 fully saturated rings. The first-order valence-corrected chi connectivity index (χ1v) is 7.29. The van der Waals surface area contributed by atoms with Crippen molar-refractivity contribution < 1.29 is 0 Å². The second kappa shape index (κ2) is 5.73. The second-order valence-electron chi connectivity index (χ2n) is 3.89. The molecule has 16 heavy (non-hydrogen) atoms. The van der Waals surface area contributed by atoms with Gasteiger partial charge in [-0.25, -0.2) is 9.97 Å². The minimum absolute atomic E-state index is 0.628. The summed E-state index contributed by atoms with van der Waals surface area (Å²) >= 11 is 7.50. The van der Waals surface area contributed by atoms with E-state index >= 15 is 0 Å². The van der Waals surface area contributed by atoms with Crippen molar-refractivity contribution >= 4 is 29.2 Å². The molecule has 2 rings (SSSR count). The van der Waals surface area contributed by atoms with Crippen LogP contribution in [0.5, 0.6) is 0 Å². The molecule has 0 aromatic carbocycles. The highest BCUT2D eigenvalue weighted by Crippen LogP contribution is 2.29. The molecule has 0 bridgehead atoms. The van der Waals surface area contributed by atoms with E-state index in [4.69, 9.17) is 11.6 Å². The van der Waals surface area contributed by atoms with E-state index in [9.17, 15) is 0 Å². The third-order valence-corrected chi connectivity index (χ3v) is 3.78. The maximum absolute atomic E-state index is 5.85. The van der Waals surface area contributed by atoms with Crippen LogP contribution in [0.1, 0.15) is 19.3 Å². The second-order valence-corrected chi connectivity index (χ2v) is 5.09. The van der Waals surface area contributed by atoms with E-state index in [1.165, 1.54) is 19.3 Å². The number of thioether (sulfide) groups is 1. The van der Waals surface area contributed by atoms with Crippen LogP contribution in [0.4, 0.5) is 5.82 Å². The average Bonchev–Trinajstić information content (AvgIpc) is 2.26. The topological polar surface area (TPSA) is 29.0 Å². The highest BCUT2D eigenvalue weighted by atomic mass is 35.5. The van der Waals surface area contributed by atoms with Crippen molar-refractivity contribution in [1.82, 2.24) is 9.97 Å². The van der Waals surface area contributed by atoms with Gasteiger partial charge in [0.2, 0.25) is 0 Å². The Balaban J connectivity index is 2.16. The Bertz CT molecular complexity index is 344. The lowest BCUT2D eigenvalue weighted by Crippen LogP contribution is -2.42. The standard InChI is InChI=1S/C11H16ClN3S/c1-16-11-7-10(13-8-14-11)15(6-5-12)9-3-2-4-9/h7-9H,2-6H2,1H3. The smallest absolute Gasteiger partial charge is 0.133 e. The zero-order chi connectivity index (χ0) is 11.4. The molecule has 0 spiro atoms. The lowest BCUT2D eigenvalue weighted by atomic mass is 9.91. The van der Waals surface area contributed by atoms with Gasteiger partial charge in [0, 0.05) is 24.5 Å². The first kappa shape index (κ1) is 12.0. The molecule has 1 aliphatic carbocycles. The van der Waals surface area contributed by atoms with Gasteiger partial charge in [-0.15, -0.1) is 23.4 Å². The van der Waals surface area contributed by atoms with Crippen molar-refractivity contribution in [2.45, 2.75) is 30.3 Å². The van der Waals surface area contributed by atoms with Crippen molar-refractivity contribution in [1.29, 1.82) is 0 Å². The van der Waals surface area contributed by atoms with E-state index in [1.807, 2.05) is 6.26 Å². The summed E-state index contributed by atoms with van der Waals surface area (Å²) in [5, 5.41) is 1.02. The summed E-state index contributed by atoms with van der Waals surface area (Å²) in [6.45, 7) is 0.872. The number of hydrogen-bond acceptors (Lipinski definition) is 4. The Morgan fingerprint density at radius 2 is 2.31 bits per heavy atom. The summed E-state index contributed by atoms with van der Waals surface area (Å²) in [5.74, 6) is 1.67. The van der Waals surface area contributed by atoms with Crippen LogP contribution in [0.2, 0.25) is 0 Å². The monoisotopic (exact) mass is 257 g/mol. The zero-order valence-corrected chi connectivity index (χ0v) is 11.0. The maximum Gasteiger partial charge on any atom is 0.133 e. The van der Waals surface area contributed by atoms with Gasteiger partial charge in [-0.3, -0.25) is 0 Å². The van der Waals surface area contributed by atoms with Gasteiger partial charge in [0.1, 0.15) is 17.2 Å². The summed E-state index contributed by atoms with van der Waals surface area (Å²) in [4.78, 5) is 10.9. The Kier molecular flexibility index (Phi) is 4.29. The maximum atomic E-state index is 5.85. The number of alkyl halides is 1. The van der Waals surface area contributed by atoms with E-state index in [1.54, 1.807) is 18.1 Å². The summed E-state index contributed by atoms with van der Waals surface area (Å²) in [6, 6.07) is 2.68. The Labute approximate surface area is 106 Å². The van der Waals surface area contributed by atoms with Gasteiger partial charge in [-0.05, 0) is 25.5 Å². The van der Waals surface area contributed by atoms with Crippen molar-refractivity contribution in [3.63, 3.8) is 0 Å². The molecule has 0 saturated heterocycles. The summed E-state index contributed by atoms with van der Waals surface area (Å²) in [7, 11) is 0. The summed E-state index contributed by atoms with van der Waals surface area (Å²) in [5.41, 5.74) is 0. The van der Waals surface area contributed by atoms with Crippen LogP contribution in [-0.2, 0) is 0 Å². The minimum atomic E-state index is 0.628. The average molecular weight is 258 g/mol. The highest BCUT2D eigenvalue weighted by molar-refractivity contribution is 7.98.